The Morgan fingerprint density at radius 1 is 1.15 bits per heavy atom. The number of sulfonamides is 1. The normalized spacial score (nSPS) is 28.6. The maximum Gasteiger partial charge on any atom is 0.326 e. The molecule has 2 aliphatic heterocycles. The van der Waals surface area contributed by atoms with Gasteiger partial charge >= 0.3 is 5.97 Å². The van der Waals surface area contributed by atoms with Crippen molar-refractivity contribution in [1.82, 2.24) is 9.21 Å². The van der Waals surface area contributed by atoms with Gasteiger partial charge in [0.2, 0.25) is 15.9 Å². The molecule has 1 N–H and O–H groups in total. The SMILES string of the molecule is CS(=O)(=O)N1CCC[C@@H](C(=O)N2CCC[C@H]2C(=O)O)C1. The van der Waals surface area contributed by atoms with Gasteiger partial charge in [0.15, 0.2) is 0 Å². The molecule has 2 aliphatic rings. The van der Waals surface area contributed by atoms with Crippen LogP contribution in [-0.2, 0) is 19.6 Å². The van der Waals surface area contributed by atoms with Gasteiger partial charge in [0.05, 0.1) is 12.2 Å². The van der Waals surface area contributed by atoms with Crippen LogP contribution in [0.5, 0.6) is 0 Å². The Hall–Kier alpha value is -1.15. The molecule has 20 heavy (non-hydrogen) atoms. The van der Waals surface area contributed by atoms with Crippen molar-refractivity contribution in [1.29, 1.82) is 0 Å². The van der Waals surface area contributed by atoms with Crippen molar-refractivity contribution in [2.24, 2.45) is 5.92 Å². The third-order valence-corrected chi connectivity index (χ3v) is 5.29. The van der Waals surface area contributed by atoms with Crippen molar-refractivity contribution < 1.29 is 23.1 Å². The monoisotopic (exact) mass is 304 g/mol. The number of carbonyl (C=O) groups excluding carboxylic acids is 1. The smallest absolute Gasteiger partial charge is 0.326 e. The lowest BCUT2D eigenvalue weighted by molar-refractivity contribution is -0.150. The lowest BCUT2D eigenvalue weighted by Crippen LogP contribution is -2.49. The van der Waals surface area contributed by atoms with Gasteiger partial charge in [-0.25, -0.2) is 17.5 Å². The summed E-state index contributed by atoms with van der Waals surface area (Å²) in [5.74, 6) is -1.62. The number of carbonyl (C=O) groups is 2. The number of piperidine rings is 1. The van der Waals surface area contributed by atoms with E-state index in [4.69, 9.17) is 5.11 Å². The fourth-order valence-electron chi connectivity index (χ4n) is 2.97. The lowest BCUT2D eigenvalue weighted by atomic mass is 9.97. The predicted molar refractivity (Wildman–Crippen MR) is 71.5 cm³/mol. The van der Waals surface area contributed by atoms with Gasteiger partial charge in [-0.2, -0.15) is 0 Å². The Bertz CT molecular complexity index is 504. The van der Waals surface area contributed by atoms with Gasteiger partial charge in [-0.3, -0.25) is 4.79 Å². The van der Waals surface area contributed by atoms with Crippen LogP contribution >= 0.6 is 0 Å². The van der Waals surface area contributed by atoms with Crippen molar-refractivity contribution in [3.8, 4) is 0 Å². The van der Waals surface area contributed by atoms with Crippen LogP contribution < -0.4 is 0 Å². The van der Waals surface area contributed by atoms with Crippen molar-refractivity contribution in [3.63, 3.8) is 0 Å². The highest BCUT2D eigenvalue weighted by atomic mass is 32.2. The standard InChI is InChI=1S/C12H20N2O5S/c1-20(18,19)13-6-2-4-9(8-13)11(15)14-7-3-5-10(14)12(16)17/h9-10H,2-8H2,1H3,(H,16,17)/t9-,10+/m1/s1. The Kier molecular flexibility index (Phi) is 4.33. The second-order valence-corrected chi connectivity index (χ2v) is 7.47. The molecule has 2 fully saturated rings. The van der Waals surface area contributed by atoms with Crippen molar-refractivity contribution in [2.75, 3.05) is 25.9 Å². The van der Waals surface area contributed by atoms with Crippen LogP contribution in [0.2, 0.25) is 0 Å². The van der Waals surface area contributed by atoms with Crippen molar-refractivity contribution >= 4 is 21.9 Å². The quantitative estimate of drug-likeness (QED) is 0.774. The van der Waals surface area contributed by atoms with E-state index >= 15 is 0 Å². The fraction of sp³-hybridized carbons (Fsp3) is 0.833. The molecule has 0 unspecified atom stereocenters. The van der Waals surface area contributed by atoms with Gasteiger partial charge in [-0.05, 0) is 25.7 Å². The first kappa shape index (κ1) is 15.2. The topological polar surface area (TPSA) is 95.0 Å². The van der Waals surface area contributed by atoms with Gasteiger partial charge in [0, 0.05) is 19.6 Å². The van der Waals surface area contributed by atoms with Gasteiger partial charge in [0.25, 0.3) is 0 Å². The molecule has 2 heterocycles. The van der Waals surface area contributed by atoms with E-state index in [1.165, 1.54) is 9.21 Å². The average molecular weight is 304 g/mol. The first-order valence-electron chi connectivity index (χ1n) is 6.79. The van der Waals surface area contributed by atoms with Crippen LogP contribution in [-0.4, -0.2) is 66.5 Å². The number of likely N-dealkylation sites (tertiary alicyclic amines) is 1. The van der Waals surface area contributed by atoms with Crippen LogP contribution in [0.1, 0.15) is 25.7 Å². The molecule has 0 saturated carbocycles. The van der Waals surface area contributed by atoms with Gasteiger partial charge in [0.1, 0.15) is 6.04 Å². The molecule has 0 aliphatic carbocycles. The minimum Gasteiger partial charge on any atom is -0.480 e. The second-order valence-electron chi connectivity index (χ2n) is 5.49. The largest absolute Gasteiger partial charge is 0.480 e. The van der Waals surface area contributed by atoms with Gasteiger partial charge in [-0.15, -0.1) is 0 Å². The molecular weight excluding hydrogens is 284 g/mol. The zero-order valence-electron chi connectivity index (χ0n) is 11.5. The Labute approximate surface area is 118 Å². The summed E-state index contributed by atoms with van der Waals surface area (Å²) >= 11 is 0. The summed E-state index contributed by atoms with van der Waals surface area (Å²) in [4.78, 5) is 25.0. The third kappa shape index (κ3) is 3.12. The average Bonchev–Trinajstić information content (AvgIpc) is 2.86. The Morgan fingerprint density at radius 2 is 1.80 bits per heavy atom. The number of hydrogen-bond acceptors (Lipinski definition) is 4. The summed E-state index contributed by atoms with van der Waals surface area (Å²) in [5.41, 5.74) is 0. The van der Waals surface area contributed by atoms with Crippen molar-refractivity contribution in [3.05, 3.63) is 0 Å². The van der Waals surface area contributed by atoms with E-state index in [1.807, 2.05) is 0 Å². The van der Waals surface area contributed by atoms with Crippen LogP contribution in [0.25, 0.3) is 0 Å². The van der Waals surface area contributed by atoms with E-state index in [9.17, 15) is 18.0 Å². The maximum atomic E-state index is 12.4. The molecule has 1 amide bonds. The summed E-state index contributed by atoms with van der Waals surface area (Å²) in [6, 6.07) is -0.754. The van der Waals surface area contributed by atoms with E-state index in [1.54, 1.807) is 0 Å². The highest BCUT2D eigenvalue weighted by Crippen LogP contribution is 2.25. The van der Waals surface area contributed by atoms with Gasteiger partial charge < -0.3 is 10.0 Å². The lowest BCUT2D eigenvalue weighted by Gasteiger charge is -2.33. The maximum absolute atomic E-state index is 12.4. The molecule has 2 saturated heterocycles. The third-order valence-electron chi connectivity index (χ3n) is 4.02. The molecule has 0 aromatic heterocycles. The van der Waals surface area contributed by atoms with Crippen molar-refractivity contribution in [2.45, 2.75) is 31.7 Å². The zero-order valence-corrected chi connectivity index (χ0v) is 12.3. The number of amides is 1. The molecule has 0 aromatic rings. The van der Waals surface area contributed by atoms with E-state index in [0.29, 0.717) is 38.8 Å². The molecule has 0 spiro atoms. The highest BCUT2D eigenvalue weighted by Gasteiger charge is 2.39. The summed E-state index contributed by atoms with van der Waals surface area (Å²) in [5, 5.41) is 9.11. The summed E-state index contributed by atoms with van der Waals surface area (Å²) < 4.78 is 24.4. The number of carboxylic acid groups (broad SMARTS) is 1. The van der Waals surface area contributed by atoms with E-state index in [2.05, 4.69) is 0 Å². The first-order valence-corrected chi connectivity index (χ1v) is 8.64. The summed E-state index contributed by atoms with van der Waals surface area (Å²) in [6.07, 6.45) is 3.55. The second kappa shape index (κ2) is 5.69. The van der Waals surface area contributed by atoms with E-state index in [-0.39, 0.29) is 12.5 Å². The van der Waals surface area contributed by atoms with Crippen LogP contribution in [0.4, 0.5) is 0 Å². The zero-order chi connectivity index (χ0) is 14.9. The molecule has 2 rings (SSSR count). The molecule has 2 atom stereocenters. The minimum atomic E-state index is -3.30. The predicted octanol–water partition coefficient (Wildman–Crippen LogP) is -0.266. The Balaban J connectivity index is 2.07. The molecule has 0 bridgehead atoms. The van der Waals surface area contributed by atoms with Crippen LogP contribution in [0, 0.1) is 5.92 Å². The summed E-state index contributed by atoms with van der Waals surface area (Å²) in [6.45, 7) is 1.05. The summed E-state index contributed by atoms with van der Waals surface area (Å²) in [7, 11) is -3.30. The molecule has 8 heteroatoms. The van der Waals surface area contributed by atoms with Gasteiger partial charge in [-0.1, -0.05) is 0 Å². The Morgan fingerprint density at radius 3 is 2.40 bits per heavy atom. The first-order chi connectivity index (χ1) is 9.30. The number of carboxylic acids is 1. The van der Waals surface area contributed by atoms with E-state index in [0.717, 1.165) is 6.26 Å². The fourth-order valence-corrected chi connectivity index (χ4v) is 3.88. The number of nitrogens with zero attached hydrogens (tertiary/aromatic N) is 2. The molecule has 0 aromatic carbocycles. The van der Waals surface area contributed by atoms with Crippen LogP contribution in [0.3, 0.4) is 0 Å². The number of aliphatic carboxylic acids is 1. The number of hydrogen-bond donors (Lipinski definition) is 1. The molecule has 7 nitrogen and oxygen atoms in total. The molecular formula is C12H20N2O5S. The molecule has 114 valence electrons. The number of rotatable bonds is 3. The van der Waals surface area contributed by atoms with E-state index < -0.39 is 28.0 Å². The van der Waals surface area contributed by atoms with Crippen LogP contribution in [0.15, 0.2) is 0 Å². The minimum absolute atomic E-state index is 0.167. The molecule has 0 radical (unpaired) electrons. The highest BCUT2D eigenvalue weighted by molar-refractivity contribution is 7.88.